The zero-order chi connectivity index (χ0) is 21.8. The second-order valence-corrected chi connectivity index (χ2v) is 8.27. The van der Waals surface area contributed by atoms with Gasteiger partial charge in [-0.3, -0.25) is 9.69 Å². The van der Waals surface area contributed by atoms with Gasteiger partial charge < -0.3 is 9.15 Å². The van der Waals surface area contributed by atoms with Crippen LogP contribution < -0.4 is 4.74 Å². The number of rotatable bonds is 7. The summed E-state index contributed by atoms with van der Waals surface area (Å²) in [6, 6.07) is 25.0. The van der Waals surface area contributed by atoms with Gasteiger partial charge >= 0.3 is 0 Å². The van der Waals surface area contributed by atoms with Gasteiger partial charge in [0.1, 0.15) is 17.9 Å². The van der Waals surface area contributed by atoms with E-state index in [1.165, 1.54) is 32.4 Å². The molecule has 162 valence electrons. The Morgan fingerprint density at radius 1 is 0.844 bits per heavy atom. The Hall–Kier alpha value is -3.37. The number of nitrogens with zero attached hydrogens (tertiary/aromatic N) is 1. The molecule has 0 radical (unpaired) electrons. The molecule has 0 N–H and O–H groups in total. The predicted octanol–water partition coefficient (Wildman–Crippen LogP) is 6.20. The quantitative estimate of drug-likeness (QED) is 0.331. The molecule has 1 saturated heterocycles. The molecule has 32 heavy (non-hydrogen) atoms. The lowest BCUT2D eigenvalue weighted by Gasteiger charge is -2.26. The third kappa shape index (κ3) is 4.32. The third-order valence-corrected chi connectivity index (χ3v) is 6.11. The highest BCUT2D eigenvalue weighted by atomic mass is 16.5. The van der Waals surface area contributed by atoms with Crippen LogP contribution in [0.1, 0.15) is 35.4 Å². The first-order chi connectivity index (χ1) is 15.8. The SMILES string of the molecule is O=C(c1ccccc1)c1oc2ccccc2c1-c1ccc(OCCN2CCCCC2)cc1. The summed E-state index contributed by atoms with van der Waals surface area (Å²) in [6.07, 6.45) is 3.92. The summed E-state index contributed by atoms with van der Waals surface area (Å²) in [5.41, 5.74) is 3.10. The zero-order valence-corrected chi connectivity index (χ0v) is 18.1. The highest BCUT2D eigenvalue weighted by Gasteiger charge is 2.23. The van der Waals surface area contributed by atoms with Crippen molar-refractivity contribution < 1.29 is 13.9 Å². The molecule has 1 aliphatic rings. The topological polar surface area (TPSA) is 42.7 Å². The van der Waals surface area contributed by atoms with Gasteiger partial charge in [-0.05, 0) is 49.7 Å². The molecule has 4 aromatic rings. The highest BCUT2D eigenvalue weighted by Crippen LogP contribution is 2.36. The van der Waals surface area contributed by atoms with Gasteiger partial charge in [0.2, 0.25) is 5.78 Å². The molecule has 5 rings (SSSR count). The first kappa shape index (κ1) is 20.5. The molecule has 0 spiro atoms. The molecule has 1 fully saturated rings. The van der Waals surface area contributed by atoms with Crippen molar-refractivity contribution in [3.05, 3.63) is 90.2 Å². The Balaban J connectivity index is 1.39. The van der Waals surface area contributed by atoms with Gasteiger partial charge in [0, 0.05) is 23.1 Å². The molecule has 1 aromatic heterocycles. The van der Waals surface area contributed by atoms with Gasteiger partial charge in [-0.25, -0.2) is 0 Å². The van der Waals surface area contributed by atoms with Gasteiger partial charge in [-0.1, -0.05) is 67.1 Å². The van der Waals surface area contributed by atoms with Crippen LogP contribution in [-0.2, 0) is 0 Å². The van der Waals surface area contributed by atoms with Crippen LogP contribution in [0.5, 0.6) is 5.75 Å². The van der Waals surface area contributed by atoms with E-state index < -0.39 is 0 Å². The number of benzene rings is 3. The molecule has 0 aliphatic carbocycles. The number of furan rings is 1. The number of fused-ring (bicyclic) bond motifs is 1. The molecule has 0 saturated carbocycles. The maximum Gasteiger partial charge on any atom is 0.228 e. The van der Waals surface area contributed by atoms with Crippen molar-refractivity contribution in [2.24, 2.45) is 0 Å². The molecule has 4 nitrogen and oxygen atoms in total. The van der Waals surface area contributed by atoms with E-state index in [4.69, 9.17) is 9.15 Å². The van der Waals surface area contributed by atoms with E-state index in [9.17, 15) is 4.79 Å². The smallest absolute Gasteiger partial charge is 0.228 e. The van der Waals surface area contributed by atoms with Crippen molar-refractivity contribution in [2.75, 3.05) is 26.2 Å². The number of hydrogen-bond acceptors (Lipinski definition) is 4. The second-order valence-electron chi connectivity index (χ2n) is 8.27. The monoisotopic (exact) mass is 425 g/mol. The number of likely N-dealkylation sites (tertiary alicyclic amines) is 1. The molecular formula is C28H27NO3. The van der Waals surface area contributed by atoms with Gasteiger partial charge in [0.25, 0.3) is 0 Å². The molecule has 0 atom stereocenters. The van der Waals surface area contributed by atoms with E-state index in [-0.39, 0.29) is 5.78 Å². The molecule has 1 aliphatic heterocycles. The number of hydrogen-bond donors (Lipinski definition) is 0. The molecule has 0 bridgehead atoms. The first-order valence-electron chi connectivity index (χ1n) is 11.4. The highest BCUT2D eigenvalue weighted by molar-refractivity contribution is 6.15. The Labute approximate surface area is 188 Å². The Bertz CT molecular complexity index is 1190. The normalized spacial score (nSPS) is 14.5. The van der Waals surface area contributed by atoms with Gasteiger partial charge in [-0.2, -0.15) is 0 Å². The number of ketones is 1. The summed E-state index contributed by atoms with van der Waals surface area (Å²) in [4.78, 5) is 15.7. The lowest BCUT2D eigenvalue weighted by atomic mass is 9.98. The minimum atomic E-state index is -0.112. The van der Waals surface area contributed by atoms with E-state index in [0.717, 1.165) is 28.8 Å². The average molecular weight is 426 g/mol. The fourth-order valence-electron chi connectivity index (χ4n) is 4.41. The van der Waals surface area contributed by atoms with E-state index in [2.05, 4.69) is 4.90 Å². The van der Waals surface area contributed by atoms with Crippen LogP contribution in [-0.4, -0.2) is 36.9 Å². The van der Waals surface area contributed by atoms with Crippen LogP contribution in [0.3, 0.4) is 0 Å². The van der Waals surface area contributed by atoms with Crippen molar-refractivity contribution in [3.8, 4) is 16.9 Å². The maximum atomic E-state index is 13.2. The van der Waals surface area contributed by atoms with Crippen molar-refractivity contribution >= 4 is 16.8 Å². The minimum absolute atomic E-state index is 0.112. The van der Waals surface area contributed by atoms with E-state index in [1.54, 1.807) is 0 Å². The molecule has 3 aromatic carbocycles. The van der Waals surface area contributed by atoms with Crippen molar-refractivity contribution in [2.45, 2.75) is 19.3 Å². The standard InChI is InChI=1S/C28H27NO3/c30-27(22-9-3-1-4-10-22)28-26(24-11-5-6-12-25(24)32-28)21-13-15-23(16-14-21)31-20-19-29-17-7-2-8-18-29/h1,3-6,9-16H,2,7-8,17-20H2. The number of carbonyl (C=O) groups is 1. The molecule has 4 heteroatoms. The maximum absolute atomic E-state index is 13.2. The number of ether oxygens (including phenoxy) is 1. The Kier molecular flexibility index (Phi) is 6.04. The number of piperidine rings is 1. The molecular weight excluding hydrogens is 398 g/mol. The second kappa shape index (κ2) is 9.41. The summed E-state index contributed by atoms with van der Waals surface area (Å²) in [5, 5.41) is 0.936. The van der Waals surface area contributed by atoms with Crippen molar-refractivity contribution in [3.63, 3.8) is 0 Å². The Morgan fingerprint density at radius 2 is 1.56 bits per heavy atom. The van der Waals surface area contributed by atoms with Crippen LogP contribution >= 0.6 is 0 Å². The average Bonchev–Trinajstić information content (AvgIpc) is 3.25. The van der Waals surface area contributed by atoms with Crippen LogP contribution in [0, 0.1) is 0 Å². The predicted molar refractivity (Wildman–Crippen MR) is 127 cm³/mol. The Morgan fingerprint density at radius 3 is 2.34 bits per heavy atom. The summed E-state index contributed by atoms with van der Waals surface area (Å²) < 4.78 is 12.0. The minimum Gasteiger partial charge on any atom is -0.492 e. The van der Waals surface area contributed by atoms with Crippen LogP contribution in [0.15, 0.2) is 83.3 Å². The van der Waals surface area contributed by atoms with E-state index in [1.807, 2.05) is 78.9 Å². The number of carbonyl (C=O) groups excluding carboxylic acids is 1. The summed E-state index contributed by atoms with van der Waals surface area (Å²) in [5.74, 6) is 1.10. The van der Waals surface area contributed by atoms with Gasteiger partial charge in [0.15, 0.2) is 5.76 Å². The lowest BCUT2D eigenvalue weighted by molar-refractivity contribution is 0.101. The molecule has 0 amide bonds. The van der Waals surface area contributed by atoms with E-state index in [0.29, 0.717) is 23.5 Å². The van der Waals surface area contributed by atoms with Crippen molar-refractivity contribution in [1.82, 2.24) is 4.90 Å². The largest absolute Gasteiger partial charge is 0.492 e. The van der Waals surface area contributed by atoms with Crippen LogP contribution in [0.25, 0.3) is 22.1 Å². The zero-order valence-electron chi connectivity index (χ0n) is 18.1. The lowest BCUT2D eigenvalue weighted by Crippen LogP contribution is -2.33. The van der Waals surface area contributed by atoms with Gasteiger partial charge in [0.05, 0.1) is 0 Å². The number of para-hydroxylation sites is 1. The van der Waals surface area contributed by atoms with Gasteiger partial charge in [-0.15, -0.1) is 0 Å². The van der Waals surface area contributed by atoms with Crippen LogP contribution in [0.4, 0.5) is 0 Å². The van der Waals surface area contributed by atoms with E-state index >= 15 is 0 Å². The van der Waals surface area contributed by atoms with Crippen LogP contribution in [0.2, 0.25) is 0 Å². The summed E-state index contributed by atoms with van der Waals surface area (Å²) >= 11 is 0. The first-order valence-corrected chi connectivity index (χ1v) is 11.4. The molecule has 0 unspecified atom stereocenters. The summed E-state index contributed by atoms with van der Waals surface area (Å²) in [6.45, 7) is 4.00. The fourth-order valence-corrected chi connectivity index (χ4v) is 4.41. The molecule has 2 heterocycles. The van der Waals surface area contributed by atoms with Crippen molar-refractivity contribution in [1.29, 1.82) is 0 Å². The fraction of sp³-hybridized carbons (Fsp3) is 0.250. The third-order valence-electron chi connectivity index (χ3n) is 6.11. The summed E-state index contributed by atoms with van der Waals surface area (Å²) in [7, 11) is 0.